The summed E-state index contributed by atoms with van der Waals surface area (Å²) in [5, 5.41) is 2.37. The Morgan fingerprint density at radius 1 is 0.296 bits per heavy atom. The molecule has 0 spiro atoms. The van der Waals surface area contributed by atoms with Crippen molar-refractivity contribution in [2.24, 2.45) is 0 Å². The van der Waals surface area contributed by atoms with Gasteiger partial charge in [-0.05, 0) is 72.5 Å². The van der Waals surface area contributed by atoms with Crippen LogP contribution in [0.25, 0.3) is 44.4 Å². The highest BCUT2D eigenvalue weighted by Crippen LogP contribution is 2.58. The van der Waals surface area contributed by atoms with E-state index in [2.05, 4.69) is 194 Å². The monoisotopic (exact) mass is 687 g/mol. The molecule has 0 saturated carbocycles. The van der Waals surface area contributed by atoms with Crippen LogP contribution in [0.3, 0.4) is 0 Å². The molecule has 2 aliphatic rings. The molecular weight excluding hydrogens is 655 g/mol. The molecule has 1 heterocycles. The molecular formula is C51H33N3. The van der Waals surface area contributed by atoms with Gasteiger partial charge < -0.3 is 0 Å². The van der Waals surface area contributed by atoms with Gasteiger partial charge in [-0.1, -0.05) is 194 Å². The van der Waals surface area contributed by atoms with Crippen LogP contribution >= 0.6 is 0 Å². The van der Waals surface area contributed by atoms with Gasteiger partial charge in [0.1, 0.15) is 10.8 Å². The molecule has 0 fully saturated rings. The standard InChI is InChI=1S/C51H33N3/c1-3-18-35(19-4-1)47-52-48(50(37-21-5-2-6-22-37)43-27-13-9-23-39(43)40-24-10-14-28-44(40)50)54-49(53-47)51(38-32-31-34-17-7-8-20-36(34)33-38)45-29-15-11-25-41(45)42-26-12-16-30-46(42)51/h1-33H. The van der Waals surface area contributed by atoms with E-state index in [4.69, 9.17) is 15.0 Å². The highest BCUT2D eigenvalue weighted by Gasteiger charge is 2.52. The van der Waals surface area contributed by atoms with Crippen molar-refractivity contribution < 1.29 is 0 Å². The van der Waals surface area contributed by atoms with Crippen molar-refractivity contribution in [2.75, 3.05) is 0 Å². The first kappa shape index (κ1) is 30.6. The second-order valence-corrected chi connectivity index (χ2v) is 14.3. The number of fused-ring (bicyclic) bond motifs is 7. The summed E-state index contributed by atoms with van der Waals surface area (Å²) in [5.74, 6) is 2.06. The summed E-state index contributed by atoms with van der Waals surface area (Å²) in [4.78, 5) is 17.0. The van der Waals surface area contributed by atoms with Crippen LogP contribution in [-0.4, -0.2) is 15.0 Å². The third kappa shape index (κ3) is 4.15. The van der Waals surface area contributed by atoms with E-state index < -0.39 is 10.8 Å². The molecule has 8 aromatic carbocycles. The average molecular weight is 688 g/mol. The van der Waals surface area contributed by atoms with Gasteiger partial charge in [-0.3, -0.25) is 0 Å². The highest BCUT2D eigenvalue weighted by atomic mass is 15.1. The third-order valence-corrected chi connectivity index (χ3v) is 11.6. The summed E-state index contributed by atoms with van der Waals surface area (Å²) in [6.45, 7) is 0. The summed E-state index contributed by atoms with van der Waals surface area (Å²) in [7, 11) is 0. The van der Waals surface area contributed by atoms with Gasteiger partial charge in [0, 0.05) is 5.56 Å². The van der Waals surface area contributed by atoms with E-state index in [1.54, 1.807) is 0 Å². The number of benzene rings is 8. The zero-order chi connectivity index (χ0) is 35.7. The Hall–Kier alpha value is -6.97. The van der Waals surface area contributed by atoms with Gasteiger partial charge in [-0.25, -0.2) is 15.0 Å². The largest absolute Gasteiger partial charge is 0.215 e. The molecule has 0 bridgehead atoms. The van der Waals surface area contributed by atoms with E-state index in [1.165, 1.54) is 55.3 Å². The van der Waals surface area contributed by atoms with Crippen LogP contribution in [0.15, 0.2) is 200 Å². The molecule has 2 aliphatic carbocycles. The Kier molecular flexibility index (Phi) is 6.68. The van der Waals surface area contributed by atoms with Gasteiger partial charge in [0.05, 0.1) is 0 Å². The lowest BCUT2D eigenvalue weighted by Crippen LogP contribution is -2.36. The quantitative estimate of drug-likeness (QED) is 0.181. The summed E-state index contributed by atoms with van der Waals surface area (Å²) in [6, 6.07) is 71.7. The van der Waals surface area contributed by atoms with Crippen molar-refractivity contribution in [1.29, 1.82) is 0 Å². The van der Waals surface area contributed by atoms with Crippen LogP contribution in [0.2, 0.25) is 0 Å². The Morgan fingerprint density at radius 3 is 1.22 bits per heavy atom. The maximum absolute atomic E-state index is 5.87. The van der Waals surface area contributed by atoms with E-state index in [1.807, 2.05) is 6.07 Å². The molecule has 0 unspecified atom stereocenters. The van der Waals surface area contributed by atoms with Crippen molar-refractivity contribution in [3.8, 4) is 33.6 Å². The molecule has 1 aromatic heterocycles. The molecule has 0 atom stereocenters. The highest BCUT2D eigenvalue weighted by molar-refractivity contribution is 5.90. The fourth-order valence-corrected chi connectivity index (χ4v) is 9.37. The van der Waals surface area contributed by atoms with E-state index in [9.17, 15) is 0 Å². The zero-order valence-corrected chi connectivity index (χ0v) is 29.4. The molecule has 0 radical (unpaired) electrons. The maximum Gasteiger partial charge on any atom is 0.163 e. The normalized spacial score (nSPS) is 14.2. The topological polar surface area (TPSA) is 38.7 Å². The first-order valence-electron chi connectivity index (χ1n) is 18.5. The smallest absolute Gasteiger partial charge is 0.163 e. The van der Waals surface area contributed by atoms with Crippen molar-refractivity contribution in [3.63, 3.8) is 0 Å². The molecule has 3 heteroatoms. The summed E-state index contributed by atoms with van der Waals surface area (Å²) < 4.78 is 0. The fraction of sp³-hybridized carbons (Fsp3) is 0.0392. The number of nitrogens with zero attached hydrogens (tertiary/aromatic N) is 3. The summed E-state index contributed by atoms with van der Waals surface area (Å²) in [6.07, 6.45) is 0. The molecule has 11 rings (SSSR count). The second kappa shape index (κ2) is 11.8. The van der Waals surface area contributed by atoms with Crippen LogP contribution in [0, 0.1) is 0 Å². The lowest BCUT2D eigenvalue weighted by Gasteiger charge is -2.35. The predicted molar refractivity (Wildman–Crippen MR) is 217 cm³/mol. The van der Waals surface area contributed by atoms with E-state index in [-0.39, 0.29) is 0 Å². The predicted octanol–water partition coefficient (Wildman–Crippen LogP) is 11.4. The van der Waals surface area contributed by atoms with E-state index in [0.717, 1.165) is 16.7 Å². The minimum absolute atomic E-state index is 0.648. The van der Waals surface area contributed by atoms with Crippen LogP contribution < -0.4 is 0 Å². The number of aromatic nitrogens is 3. The Labute approximate surface area is 314 Å². The molecule has 0 N–H and O–H groups in total. The summed E-state index contributed by atoms with van der Waals surface area (Å²) >= 11 is 0. The van der Waals surface area contributed by atoms with Crippen LogP contribution in [-0.2, 0) is 10.8 Å². The molecule has 0 amide bonds. The van der Waals surface area contributed by atoms with E-state index >= 15 is 0 Å². The molecule has 3 nitrogen and oxygen atoms in total. The van der Waals surface area contributed by atoms with Gasteiger partial charge >= 0.3 is 0 Å². The zero-order valence-electron chi connectivity index (χ0n) is 29.4. The number of hydrogen-bond donors (Lipinski definition) is 0. The minimum Gasteiger partial charge on any atom is -0.215 e. The lowest BCUT2D eigenvalue weighted by atomic mass is 9.70. The van der Waals surface area contributed by atoms with Gasteiger partial charge in [0.25, 0.3) is 0 Å². The van der Waals surface area contributed by atoms with Crippen LogP contribution in [0.4, 0.5) is 0 Å². The SMILES string of the molecule is c1ccc(-c2nc(C3(c4ccccc4)c4ccccc4-c4ccccc43)nc(C3(c4ccc5ccccc5c4)c4ccccc4-c4ccccc43)n2)cc1. The molecule has 0 aliphatic heterocycles. The Morgan fingerprint density at radius 2 is 0.704 bits per heavy atom. The lowest BCUT2D eigenvalue weighted by molar-refractivity contribution is 0.631. The van der Waals surface area contributed by atoms with Crippen molar-refractivity contribution in [1.82, 2.24) is 15.0 Å². The second-order valence-electron chi connectivity index (χ2n) is 14.3. The van der Waals surface area contributed by atoms with Gasteiger partial charge in [0.15, 0.2) is 17.5 Å². The average Bonchev–Trinajstić information content (AvgIpc) is 3.73. The minimum atomic E-state index is -0.839. The first-order valence-corrected chi connectivity index (χ1v) is 18.5. The Bertz CT molecular complexity index is 2800. The number of rotatable bonds is 5. The van der Waals surface area contributed by atoms with Crippen molar-refractivity contribution in [3.05, 3.63) is 245 Å². The fourth-order valence-electron chi connectivity index (χ4n) is 9.37. The third-order valence-electron chi connectivity index (χ3n) is 11.6. The molecule has 0 saturated heterocycles. The first-order chi connectivity index (χ1) is 26.8. The van der Waals surface area contributed by atoms with Crippen molar-refractivity contribution in [2.45, 2.75) is 10.8 Å². The summed E-state index contributed by atoms with van der Waals surface area (Å²) in [5.41, 5.74) is 11.0. The maximum atomic E-state index is 5.87. The van der Waals surface area contributed by atoms with Gasteiger partial charge in [-0.15, -0.1) is 0 Å². The molecule has 9 aromatic rings. The van der Waals surface area contributed by atoms with Crippen molar-refractivity contribution >= 4 is 10.8 Å². The molecule has 54 heavy (non-hydrogen) atoms. The number of hydrogen-bond acceptors (Lipinski definition) is 3. The van der Waals surface area contributed by atoms with Crippen LogP contribution in [0.5, 0.6) is 0 Å². The molecule has 252 valence electrons. The van der Waals surface area contributed by atoms with Gasteiger partial charge in [0.2, 0.25) is 0 Å². The Balaban J connectivity index is 1.33. The van der Waals surface area contributed by atoms with E-state index in [0.29, 0.717) is 17.5 Å². The van der Waals surface area contributed by atoms with Crippen LogP contribution in [0.1, 0.15) is 45.0 Å². The van der Waals surface area contributed by atoms with Gasteiger partial charge in [-0.2, -0.15) is 0 Å².